The number of carbonyl (C=O) groups excluding carboxylic acids is 1. The average molecular weight is 476 g/mol. The lowest BCUT2D eigenvalue weighted by Gasteiger charge is -2.29. The van der Waals surface area contributed by atoms with Gasteiger partial charge in [0.2, 0.25) is 0 Å². The van der Waals surface area contributed by atoms with Crippen molar-refractivity contribution in [3.05, 3.63) is 81.8 Å². The van der Waals surface area contributed by atoms with Gasteiger partial charge >= 0.3 is 0 Å². The van der Waals surface area contributed by atoms with E-state index in [1.807, 2.05) is 55.5 Å². The number of nitrogens with zero attached hydrogens (tertiary/aromatic N) is 2. The fourth-order valence-electron chi connectivity index (χ4n) is 3.65. The predicted molar refractivity (Wildman–Crippen MR) is 126 cm³/mol. The fraction of sp³-hybridized carbons (Fsp3) is 0.200. The molecule has 1 amide bonds. The number of hydrogen-bond acceptors (Lipinski definition) is 4. The summed E-state index contributed by atoms with van der Waals surface area (Å²) in [7, 11) is 0. The van der Waals surface area contributed by atoms with E-state index < -0.39 is 0 Å². The Labute approximate surface area is 190 Å². The minimum absolute atomic E-state index is 0.166. The van der Waals surface area contributed by atoms with Gasteiger partial charge in [0.1, 0.15) is 0 Å². The number of hydrogen-bond donors (Lipinski definition) is 1. The summed E-state index contributed by atoms with van der Waals surface area (Å²) in [5.41, 5.74) is 6.04. The van der Waals surface area contributed by atoms with Crippen molar-refractivity contribution in [2.24, 2.45) is 0 Å². The number of nitrogens with one attached hydrogen (secondary N) is 1. The van der Waals surface area contributed by atoms with Crippen LogP contribution in [0.4, 0.5) is 11.4 Å². The van der Waals surface area contributed by atoms with Crippen LogP contribution in [-0.4, -0.2) is 32.2 Å². The lowest BCUT2D eigenvalue weighted by Crippen LogP contribution is -2.36. The van der Waals surface area contributed by atoms with Gasteiger partial charge in [0.05, 0.1) is 30.5 Å². The molecule has 0 spiro atoms. The molecule has 0 aliphatic carbocycles. The molecule has 31 heavy (non-hydrogen) atoms. The normalized spacial score (nSPS) is 13.5. The highest BCUT2D eigenvalue weighted by molar-refractivity contribution is 9.10. The van der Waals surface area contributed by atoms with Crippen molar-refractivity contribution in [2.45, 2.75) is 6.92 Å². The predicted octanol–water partition coefficient (Wildman–Crippen LogP) is 5.39. The van der Waals surface area contributed by atoms with Crippen molar-refractivity contribution in [2.75, 3.05) is 36.5 Å². The van der Waals surface area contributed by atoms with Crippen molar-refractivity contribution in [3.8, 4) is 17.2 Å². The van der Waals surface area contributed by atoms with E-state index in [4.69, 9.17) is 10.00 Å². The highest BCUT2D eigenvalue weighted by Crippen LogP contribution is 2.30. The number of amides is 1. The van der Waals surface area contributed by atoms with Crippen LogP contribution in [0.5, 0.6) is 0 Å². The van der Waals surface area contributed by atoms with E-state index in [1.165, 1.54) is 0 Å². The largest absolute Gasteiger partial charge is 0.378 e. The molecule has 1 heterocycles. The molecule has 6 heteroatoms. The number of anilines is 2. The zero-order chi connectivity index (χ0) is 21.8. The summed E-state index contributed by atoms with van der Waals surface area (Å²) in [5, 5.41) is 12.0. The summed E-state index contributed by atoms with van der Waals surface area (Å²) in [5.74, 6) is -0.166. The van der Waals surface area contributed by atoms with Crippen LogP contribution in [0.1, 0.15) is 21.5 Å². The standard InChI is InChI=1S/C25H22BrN3O2/c1-17-2-5-20(14-22(17)19-6-3-18(16-27)4-7-19)25(30)28-21-8-9-24(23(26)15-21)29-10-12-31-13-11-29/h2-9,14-15H,10-13H2,1H3,(H,28,30). The molecule has 3 aromatic rings. The van der Waals surface area contributed by atoms with Gasteiger partial charge in [0.15, 0.2) is 0 Å². The molecule has 0 atom stereocenters. The molecule has 1 saturated heterocycles. The first-order valence-electron chi connectivity index (χ1n) is 10.1. The Bertz CT molecular complexity index is 1150. The first kappa shape index (κ1) is 21.1. The zero-order valence-corrected chi connectivity index (χ0v) is 18.8. The van der Waals surface area contributed by atoms with Crippen LogP contribution in [-0.2, 0) is 4.74 Å². The summed E-state index contributed by atoms with van der Waals surface area (Å²) in [4.78, 5) is 15.2. The average Bonchev–Trinajstić information content (AvgIpc) is 2.80. The van der Waals surface area contributed by atoms with Gasteiger partial charge in [-0.25, -0.2) is 0 Å². The number of aryl methyl sites for hydroxylation is 1. The van der Waals surface area contributed by atoms with Gasteiger partial charge in [-0.2, -0.15) is 5.26 Å². The monoisotopic (exact) mass is 475 g/mol. The second-order valence-electron chi connectivity index (χ2n) is 7.44. The summed E-state index contributed by atoms with van der Waals surface area (Å²) >= 11 is 3.64. The van der Waals surface area contributed by atoms with Crippen LogP contribution in [0.3, 0.4) is 0 Å². The van der Waals surface area contributed by atoms with Crippen molar-refractivity contribution in [3.63, 3.8) is 0 Å². The molecule has 0 aromatic heterocycles. The summed E-state index contributed by atoms with van der Waals surface area (Å²) < 4.78 is 6.36. The van der Waals surface area contributed by atoms with E-state index in [2.05, 4.69) is 32.2 Å². The molecule has 0 saturated carbocycles. The van der Waals surface area contributed by atoms with Gasteiger partial charge in [0, 0.05) is 28.8 Å². The first-order valence-corrected chi connectivity index (χ1v) is 10.9. The quantitative estimate of drug-likeness (QED) is 0.549. The molecule has 5 nitrogen and oxygen atoms in total. The lowest BCUT2D eigenvalue weighted by molar-refractivity contribution is 0.102. The number of ether oxygens (including phenoxy) is 1. The minimum atomic E-state index is -0.166. The van der Waals surface area contributed by atoms with E-state index in [-0.39, 0.29) is 5.91 Å². The van der Waals surface area contributed by atoms with E-state index in [0.29, 0.717) is 11.1 Å². The Balaban J connectivity index is 1.53. The number of nitriles is 1. The van der Waals surface area contributed by atoms with Gasteiger partial charge in [-0.3, -0.25) is 4.79 Å². The zero-order valence-electron chi connectivity index (χ0n) is 17.2. The summed E-state index contributed by atoms with van der Waals surface area (Å²) in [6, 6.07) is 21.0. The maximum atomic E-state index is 12.9. The minimum Gasteiger partial charge on any atom is -0.378 e. The number of benzene rings is 3. The number of halogens is 1. The van der Waals surface area contributed by atoms with Crippen LogP contribution >= 0.6 is 15.9 Å². The van der Waals surface area contributed by atoms with Crippen molar-refractivity contribution in [1.82, 2.24) is 0 Å². The molecule has 0 bridgehead atoms. The maximum Gasteiger partial charge on any atom is 0.255 e. The lowest BCUT2D eigenvalue weighted by atomic mass is 9.97. The smallest absolute Gasteiger partial charge is 0.255 e. The molecular formula is C25H22BrN3O2. The van der Waals surface area contributed by atoms with Crippen LogP contribution < -0.4 is 10.2 Å². The van der Waals surface area contributed by atoms with Gasteiger partial charge in [-0.15, -0.1) is 0 Å². The molecule has 0 radical (unpaired) electrons. The summed E-state index contributed by atoms with van der Waals surface area (Å²) in [6.07, 6.45) is 0. The second kappa shape index (κ2) is 9.34. The topological polar surface area (TPSA) is 65.4 Å². The molecule has 1 N–H and O–H groups in total. The number of morpholine rings is 1. The van der Waals surface area contributed by atoms with Crippen molar-refractivity contribution in [1.29, 1.82) is 5.26 Å². The molecule has 1 fully saturated rings. The Morgan fingerprint density at radius 2 is 1.81 bits per heavy atom. The number of carbonyl (C=O) groups is 1. The first-order chi connectivity index (χ1) is 15.0. The third-order valence-electron chi connectivity index (χ3n) is 5.38. The summed E-state index contributed by atoms with van der Waals surface area (Å²) in [6.45, 7) is 5.16. The molecular weight excluding hydrogens is 454 g/mol. The van der Waals surface area contributed by atoms with Crippen molar-refractivity contribution >= 4 is 33.2 Å². The van der Waals surface area contributed by atoms with E-state index in [1.54, 1.807) is 12.1 Å². The van der Waals surface area contributed by atoms with Crippen molar-refractivity contribution < 1.29 is 9.53 Å². The third kappa shape index (κ3) is 4.79. The SMILES string of the molecule is Cc1ccc(C(=O)Nc2ccc(N3CCOCC3)c(Br)c2)cc1-c1ccc(C#N)cc1. The molecule has 156 valence electrons. The van der Waals surface area contributed by atoms with Gasteiger partial charge in [0.25, 0.3) is 5.91 Å². The van der Waals surface area contributed by atoms with Crippen LogP contribution in [0.2, 0.25) is 0 Å². The Kier molecular flexibility index (Phi) is 6.36. The van der Waals surface area contributed by atoms with E-state index in [0.717, 1.165) is 58.8 Å². The molecule has 1 aliphatic rings. The maximum absolute atomic E-state index is 12.9. The fourth-order valence-corrected chi connectivity index (χ4v) is 4.28. The Morgan fingerprint density at radius 3 is 2.48 bits per heavy atom. The van der Waals surface area contributed by atoms with Crippen LogP contribution in [0, 0.1) is 18.3 Å². The molecule has 1 aliphatic heterocycles. The number of rotatable bonds is 4. The molecule has 0 unspecified atom stereocenters. The Hall–Kier alpha value is -3.14. The van der Waals surface area contributed by atoms with Crippen LogP contribution in [0.25, 0.3) is 11.1 Å². The van der Waals surface area contributed by atoms with Gasteiger partial charge in [-0.05, 0) is 82.0 Å². The highest BCUT2D eigenvalue weighted by atomic mass is 79.9. The van der Waals surface area contributed by atoms with E-state index >= 15 is 0 Å². The molecule has 4 rings (SSSR count). The van der Waals surface area contributed by atoms with Crippen LogP contribution in [0.15, 0.2) is 65.1 Å². The van der Waals surface area contributed by atoms with E-state index in [9.17, 15) is 4.79 Å². The van der Waals surface area contributed by atoms with Gasteiger partial charge < -0.3 is 15.0 Å². The second-order valence-corrected chi connectivity index (χ2v) is 8.29. The highest BCUT2D eigenvalue weighted by Gasteiger charge is 2.15. The third-order valence-corrected chi connectivity index (χ3v) is 6.02. The Morgan fingerprint density at radius 1 is 1.06 bits per heavy atom. The molecule has 3 aromatic carbocycles. The van der Waals surface area contributed by atoms with Gasteiger partial charge in [-0.1, -0.05) is 18.2 Å².